The number of azide groups is 1. The zero-order valence-electron chi connectivity index (χ0n) is 6.90. The van der Waals surface area contributed by atoms with Crippen molar-refractivity contribution < 1.29 is 0 Å². The summed E-state index contributed by atoms with van der Waals surface area (Å²) in [7, 11) is 0. The van der Waals surface area contributed by atoms with Gasteiger partial charge in [-0.1, -0.05) is 12.0 Å². The molecule has 0 amide bonds. The standard InChI is InChI=1S/C7H14N4/c1-7-2-4-11(5-3-7)6-9-10-8/h7H,2-6H2,1H3. The maximum absolute atomic E-state index is 8.08. The lowest BCUT2D eigenvalue weighted by atomic mass is 10.00. The SMILES string of the molecule is CC1CCN(CN=[N+]=[N-])CC1. The molecular formula is C7H14N4. The topological polar surface area (TPSA) is 52.0 Å². The van der Waals surface area contributed by atoms with Crippen LogP contribution < -0.4 is 0 Å². The van der Waals surface area contributed by atoms with Crippen molar-refractivity contribution >= 4 is 0 Å². The number of hydrogen-bond acceptors (Lipinski definition) is 2. The van der Waals surface area contributed by atoms with E-state index in [1.165, 1.54) is 12.8 Å². The summed E-state index contributed by atoms with van der Waals surface area (Å²) in [5.74, 6) is 0.845. The van der Waals surface area contributed by atoms with E-state index in [9.17, 15) is 0 Å². The Morgan fingerprint density at radius 2 is 2.18 bits per heavy atom. The summed E-state index contributed by atoms with van der Waals surface area (Å²) in [5.41, 5.74) is 8.08. The molecule has 0 radical (unpaired) electrons. The van der Waals surface area contributed by atoms with Crippen LogP contribution in [-0.4, -0.2) is 24.7 Å². The molecule has 0 unspecified atom stereocenters. The van der Waals surface area contributed by atoms with E-state index in [1.807, 2.05) is 0 Å². The van der Waals surface area contributed by atoms with E-state index in [0.29, 0.717) is 6.67 Å². The van der Waals surface area contributed by atoms with E-state index >= 15 is 0 Å². The van der Waals surface area contributed by atoms with Crippen LogP contribution in [-0.2, 0) is 0 Å². The van der Waals surface area contributed by atoms with Crippen LogP contribution in [0.15, 0.2) is 5.11 Å². The van der Waals surface area contributed by atoms with Gasteiger partial charge in [0.1, 0.15) is 0 Å². The van der Waals surface area contributed by atoms with Gasteiger partial charge < -0.3 is 0 Å². The lowest BCUT2D eigenvalue weighted by molar-refractivity contribution is 0.197. The molecule has 4 heteroatoms. The molecule has 1 saturated heterocycles. The van der Waals surface area contributed by atoms with E-state index in [0.717, 1.165) is 19.0 Å². The highest BCUT2D eigenvalue weighted by molar-refractivity contribution is 4.68. The van der Waals surface area contributed by atoms with Gasteiger partial charge in [0.05, 0.1) is 6.67 Å². The monoisotopic (exact) mass is 154 g/mol. The fraction of sp³-hybridized carbons (Fsp3) is 1.00. The number of likely N-dealkylation sites (tertiary alicyclic amines) is 1. The van der Waals surface area contributed by atoms with Crippen molar-refractivity contribution in [3.63, 3.8) is 0 Å². The third-order valence-electron chi connectivity index (χ3n) is 2.20. The third kappa shape index (κ3) is 2.78. The Kier molecular flexibility index (Phi) is 3.20. The highest BCUT2D eigenvalue weighted by atomic mass is 15.3. The van der Waals surface area contributed by atoms with Crippen molar-refractivity contribution in [1.82, 2.24) is 4.90 Å². The Morgan fingerprint density at radius 3 is 2.73 bits per heavy atom. The van der Waals surface area contributed by atoms with Crippen LogP contribution in [0.4, 0.5) is 0 Å². The number of hydrogen-bond donors (Lipinski definition) is 0. The quantitative estimate of drug-likeness (QED) is 0.341. The van der Waals surface area contributed by atoms with Gasteiger partial charge in [-0.3, -0.25) is 4.90 Å². The van der Waals surface area contributed by atoms with Gasteiger partial charge in [-0.05, 0) is 37.4 Å². The molecule has 4 nitrogen and oxygen atoms in total. The molecule has 0 aromatic carbocycles. The minimum atomic E-state index is 0.545. The fourth-order valence-electron chi connectivity index (χ4n) is 1.32. The zero-order chi connectivity index (χ0) is 8.10. The second-order valence-corrected chi connectivity index (χ2v) is 3.17. The van der Waals surface area contributed by atoms with Crippen molar-refractivity contribution in [3.05, 3.63) is 10.4 Å². The summed E-state index contributed by atoms with van der Waals surface area (Å²) in [5, 5.41) is 3.53. The Balaban J connectivity index is 2.22. The summed E-state index contributed by atoms with van der Waals surface area (Å²) < 4.78 is 0. The molecule has 0 aromatic rings. The molecule has 0 saturated carbocycles. The average Bonchev–Trinajstić information content (AvgIpc) is 2.04. The number of piperidine rings is 1. The molecule has 0 aromatic heterocycles. The van der Waals surface area contributed by atoms with Crippen molar-refractivity contribution in [2.24, 2.45) is 11.0 Å². The maximum atomic E-state index is 8.08. The van der Waals surface area contributed by atoms with Gasteiger partial charge in [0, 0.05) is 4.91 Å². The number of nitrogens with zero attached hydrogens (tertiary/aromatic N) is 4. The second kappa shape index (κ2) is 4.21. The van der Waals surface area contributed by atoms with E-state index in [-0.39, 0.29) is 0 Å². The predicted octanol–water partition coefficient (Wildman–Crippen LogP) is 1.99. The van der Waals surface area contributed by atoms with E-state index < -0.39 is 0 Å². The van der Waals surface area contributed by atoms with Crippen LogP contribution in [0.3, 0.4) is 0 Å². The van der Waals surface area contributed by atoms with E-state index in [4.69, 9.17) is 5.53 Å². The van der Waals surface area contributed by atoms with Gasteiger partial charge in [0.15, 0.2) is 0 Å². The van der Waals surface area contributed by atoms with Crippen LogP contribution in [0.1, 0.15) is 19.8 Å². The smallest absolute Gasteiger partial charge is 0.0774 e. The Labute approximate surface area is 66.8 Å². The zero-order valence-corrected chi connectivity index (χ0v) is 6.90. The van der Waals surface area contributed by atoms with Gasteiger partial charge in [-0.25, -0.2) is 0 Å². The number of rotatable bonds is 2. The maximum Gasteiger partial charge on any atom is 0.0774 e. The Bertz CT molecular complexity index is 154. The first-order valence-electron chi connectivity index (χ1n) is 4.06. The van der Waals surface area contributed by atoms with E-state index in [1.54, 1.807) is 0 Å². The minimum absolute atomic E-state index is 0.545. The van der Waals surface area contributed by atoms with Crippen LogP contribution in [0.25, 0.3) is 10.4 Å². The first-order valence-corrected chi connectivity index (χ1v) is 4.06. The second-order valence-electron chi connectivity index (χ2n) is 3.17. The van der Waals surface area contributed by atoms with Crippen LogP contribution in [0.2, 0.25) is 0 Å². The van der Waals surface area contributed by atoms with Crippen LogP contribution >= 0.6 is 0 Å². The predicted molar refractivity (Wildman–Crippen MR) is 44.0 cm³/mol. The lowest BCUT2D eigenvalue weighted by Gasteiger charge is -2.28. The highest BCUT2D eigenvalue weighted by Gasteiger charge is 2.13. The Morgan fingerprint density at radius 1 is 1.55 bits per heavy atom. The van der Waals surface area contributed by atoms with Crippen LogP contribution in [0.5, 0.6) is 0 Å². The molecule has 0 bridgehead atoms. The van der Waals surface area contributed by atoms with Gasteiger partial charge in [-0.2, -0.15) is 0 Å². The summed E-state index contributed by atoms with van der Waals surface area (Å²) in [6.45, 7) is 4.98. The minimum Gasteiger partial charge on any atom is -0.298 e. The molecule has 1 heterocycles. The van der Waals surface area contributed by atoms with E-state index in [2.05, 4.69) is 21.8 Å². The molecule has 0 aliphatic carbocycles. The van der Waals surface area contributed by atoms with Gasteiger partial charge >= 0.3 is 0 Å². The third-order valence-corrected chi connectivity index (χ3v) is 2.20. The fourth-order valence-corrected chi connectivity index (χ4v) is 1.32. The molecule has 1 aliphatic heterocycles. The molecule has 1 fully saturated rings. The molecule has 0 spiro atoms. The first kappa shape index (κ1) is 8.37. The largest absolute Gasteiger partial charge is 0.298 e. The van der Waals surface area contributed by atoms with Crippen molar-refractivity contribution in [2.75, 3.05) is 19.8 Å². The molecule has 0 atom stereocenters. The first-order chi connectivity index (χ1) is 5.33. The van der Waals surface area contributed by atoms with Crippen LogP contribution in [0, 0.1) is 5.92 Å². The summed E-state index contributed by atoms with van der Waals surface area (Å²) in [4.78, 5) is 4.93. The summed E-state index contributed by atoms with van der Waals surface area (Å²) in [6, 6.07) is 0. The lowest BCUT2D eigenvalue weighted by Crippen LogP contribution is -2.32. The molecule has 11 heavy (non-hydrogen) atoms. The highest BCUT2D eigenvalue weighted by Crippen LogP contribution is 2.15. The molecule has 1 aliphatic rings. The summed E-state index contributed by atoms with van der Waals surface area (Å²) in [6.07, 6.45) is 2.47. The van der Waals surface area contributed by atoms with Crippen molar-refractivity contribution in [1.29, 1.82) is 0 Å². The molecular weight excluding hydrogens is 140 g/mol. The van der Waals surface area contributed by atoms with Crippen molar-refractivity contribution in [2.45, 2.75) is 19.8 Å². The van der Waals surface area contributed by atoms with Gasteiger partial charge in [-0.15, -0.1) is 0 Å². The molecule has 0 N–H and O–H groups in total. The average molecular weight is 154 g/mol. The molecule has 1 rings (SSSR count). The Hall–Kier alpha value is -0.730. The van der Waals surface area contributed by atoms with Crippen molar-refractivity contribution in [3.8, 4) is 0 Å². The van der Waals surface area contributed by atoms with Gasteiger partial charge in [0.25, 0.3) is 0 Å². The normalized spacial score (nSPS) is 21.2. The molecule has 62 valence electrons. The van der Waals surface area contributed by atoms with Gasteiger partial charge in [0.2, 0.25) is 0 Å². The summed E-state index contributed by atoms with van der Waals surface area (Å²) >= 11 is 0.